The maximum Gasteiger partial charge on any atom is 0.316 e. The summed E-state index contributed by atoms with van der Waals surface area (Å²) in [6.45, 7) is 13.5. The number of likely N-dealkylation sites (tertiary alicyclic amines) is 1. The molecule has 3 fully saturated rings. The summed E-state index contributed by atoms with van der Waals surface area (Å²) in [6, 6.07) is -4.15. The van der Waals surface area contributed by atoms with Crippen LogP contribution in [0.5, 0.6) is 0 Å². The zero-order valence-corrected chi connectivity index (χ0v) is 25.6. The van der Waals surface area contributed by atoms with Gasteiger partial charge in [-0.05, 0) is 54.8 Å². The molecule has 1 saturated heterocycles. The monoisotopic (exact) mass is 575 g/mol. The number of primary amides is 1. The summed E-state index contributed by atoms with van der Waals surface area (Å²) in [5, 5.41) is 8.34. The zero-order chi connectivity index (χ0) is 30.8. The summed E-state index contributed by atoms with van der Waals surface area (Å²) in [5.74, 6) is -2.84. The topological polar surface area (TPSA) is 168 Å². The minimum atomic E-state index is -1.10. The molecular formula is C30H49N5O6. The van der Waals surface area contributed by atoms with Gasteiger partial charge in [0.1, 0.15) is 12.1 Å². The number of Topliss-reactive ketones (excluding diaryl/α,β-unsaturated/α-hetero) is 2. The maximum atomic E-state index is 14.1. The molecule has 2 saturated carbocycles. The van der Waals surface area contributed by atoms with Gasteiger partial charge < -0.3 is 26.6 Å². The average molecular weight is 576 g/mol. The highest BCUT2D eigenvalue weighted by atomic mass is 16.2. The van der Waals surface area contributed by atoms with Crippen LogP contribution in [0.4, 0.5) is 4.79 Å². The van der Waals surface area contributed by atoms with E-state index in [2.05, 4.69) is 16.0 Å². The second kappa shape index (κ2) is 12.9. The highest BCUT2D eigenvalue weighted by Gasteiger charge is 2.48. The van der Waals surface area contributed by atoms with Gasteiger partial charge >= 0.3 is 6.03 Å². The molecule has 5 N–H and O–H groups in total. The number of nitrogens with zero attached hydrogens (tertiary/aromatic N) is 1. The first kappa shape index (κ1) is 32.5. The van der Waals surface area contributed by atoms with E-state index in [4.69, 9.17) is 5.73 Å². The highest BCUT2D eigenvalue weighted by Crippen LogP contribution is 2.36. The van der Waals surface area contributed by atoms with Crippen LogP contribution in [0.25, 0.3) is 0 Å². The number of hydrogen-bond donors (Lipinski definition) is 4. The first-order chi connectivity index (χ1) is 19.0. The number of carbonyl (C=O) groups is 6. The molecule has 0 aromatic heterocycles. The van der Waals surface area contributed by atoms with Crippen LogP contribution in [0.1, 0.15) is 87.0 Å². The standard InChI is InChI=1S/C30H49N5O6/c1-15(2)19-12-13-35(22(19)27(39)32-20(14-17-8-9-17)24(37)26(31)38)28(40)25(30(5,6)7)34-29(41)33-21(16(3)4)23(36)18-10-11-18/h15-22,25H,8-14H2,1-7H3,(H2,31,38)(H,32,39)(H2,33,34,41)/t19-,20?,21+,22+,25-/m1/s1. The fraction of sp³-hybridized carbons (Fsp3) is 0.800. The van der Waals surface area contributed by atoms with Crippen LogP contribution >= 0.6 is 0 Å². The third-order valence-electron chi connectivity index (χ3n) is 8.62. The summed E-state index contributed by atoms with van der Waals surface area (Å²) in [4.78, 5) is 79.4. The zero-order valence-electron chi connectivity index (χ0n) is 25.6. The minimum Gasteiger partial charge on any atom is -0.363 e. The number of amides is 5. The molecule has 0 aromatic rings. The van der Waals surface area contributed by atoms with Crippen LogP contribution < -0.4 is 21.7 Å². The van der Waals surface area contributed by atoms with Crippen LogP contribution in [-0.2, 0) is 24.0 Å². The Bertz CT molecular complexity index is 1040. The van der Waals surface area contributed by atoms with Crippen LogP contribution in [0.2, 0.25) is 0 Å². The lowest BCUT2D eigenvalue weighted by Crippen LogP contribution is -2.62. The Morgan fingerprint density at radius 3 is 1.95 bits per heavy atom. The molecule has 0 bridgehead atoms. The van der Waals surface area contributed by atoms with Crippen LogP contribution in [0, 0.1) is 35.0 Å². The van der Waals surface area contributed by atoms with Gasteiger partial charge in [0.2, 0.25) is 17.6 Å². The fourth-order valence-corrected chi connectivity index (χ4v) is 5.76. The summed E-state index contributed by atoms with van der Waals surface area (Å²) in [6.07, 6.45) is 4.42. The predicted octanol–water partition coefficient (Wildman–Crippen LogP) is 1.92. The summed E-state index contributed by atoms with van der Waals surface area (Å²) in [7, 11) is 0. The molecule has 1 heterocycles. The molecule has 3 aliphatic rings. The van der Waals surface area contributed by atoms with Gasteiger partial charge in [0.05, 0.1) is 12.1 Å². The molecule has 5 amide bonds. The molecule has 0 radical (unpaired) electrons. The van der Waals surface area contributed by atoms with Crippen molar-refractivity contribution in [3.8, 4) is 0 Å². The second-order valence-electron chi connectivity index (χ2n) is 14.0. The first-order valence-electron chi connectivity index (χ1n) is 15.1. The third-order valence-corrected chi connectivity index (χ3v) is 8.62. The van der Waals surface area contributed by atoms with Crippen molar-refractivity contribution in [1.82, 2.24) is 20.9 Å². The van der Waals surface area contributed by atoms with Crippen LogP contribution in [-0.4, -0.2) is 70.9 Å². The number of nitrogens with two attached hydrogens (primary N) is 1. The number of urea groups is 1. The first-order valence-corrected chi connectivity index (χ1v) is 15.1. The Morgan fingerprint density at radius 2 is 1.49 bits per heavy atom. The third kappa shape index (κ3) is 8.29. The molecule has 11 heteroatoms. The van der Waals surface area contributed by atoms with E-state index in [-0.39, 0.29) is 35.4 Å². The lowest BCUT2D eigenvalue weighted by atomic mass is 9.84. The van der Waals surface area contributed by atoms with Gasteiger partial charge in [-0.1, -0.05) is 61.3 Å². The molecule has 5 atom stereocenters. The molecule has 1 unspecified atom stereocenters. The SMILES string of the molecule is CC(C)[C@H](NC(=O)N[C@H](C(=O)N1CC[C@H](C(C)C)[C@H]1C(=O)NC(CC1CC1)C(=O)C(N)=O)C(C)(C)C)C(=O)C1CC1. The lowest BCUT2D eigenvalue weighted by Gasteiger charge is -2.37. The van der Waals surface area contributed by atoms with E-state index >= 15 is 0 Å². The van der Waals surface area contributed by atoms with Gasteiger partial charge in [-0.25, -0.2) is 4.79 Å². The molecular weight excluding hydrogens is 526 g/mol. The molecule has 0 spiro atoms. The highest BCUT2D eigenvalue weighted by molar-refractivity contribution is 6.37. The van der Waals surface area contributed by atoms with Crippen molar-refractivity contribution in [1.29, 1.82) is 0 Å². The van der Waals surface area contributed by atoms with Crippen molar-refractivity contribution in [3.63, 3.8) is 0 Å². The largest absolute Gasteiger partial charge is 0.363 e. The van der Waals surface area contributed by atoms with Crippen molar-refractivity contribution < 1.29 is 28.8 Å². The van der Waals surface area contributed by atoms with E-state index < -0.39 is 59.1 Å². The lowest BCUT2D eigenvalue weighted by molar-refractivity contribution is -0.144. The predicted molar refractivity (Wildman–Crippen MR) is 153 cm³/mol. The Balaban J connectivity index is 1.81. The quantitative estimate of drug-likeness (QED) is 0.245. The Morgan fingerprint density at radius 1 is 0.878 bits per heavy atom. The molecule has 3 rings (SSSR count). The Kier molecular flexibility index (Phi) is 10.2. The Labute approximate surface area is 243 Å². The Hall–Kier alpha value is -2.98. The fourth-order valence-electron chi connectivity index (χ4n) is 5.76. The average Bonchev–Trinajstić information content (AvgIpc) is 3.81. The van der Waals surface area contributed by atoms with Gasteiger partial charge in [-0.2, -0.15) is 0 Å². The van der Waals surface area contributed by atoms with Crippen LogP contribution in [0.3, 0.4) is 0 Å². The van der Waals surface area contributed by atoms with Crippen molar-refractivity contribution in [3.05, 3.63) is 0 Å². The molecule has 1 aliphatic heterocycles. The number of hydrogen-bond acceptors (Lipinski definition) is 6. The summed E-state index contributed by atoms with van der Waals surface area (Å²) >= 11 is 0. The maximum absolute atomic E-state index is 14.1. The van der Waals surface area contributed by atoms with Crippen molar-refractivity contribution in [2.75, 3.05) is 6.54 Å². The summed E-state index contributed by atoms with van der Waals surface area (Å²) in [5.41, 5.74) is 4.55. The van der Waals surface area contributed by atoms with Gasteiger partial charge in [-0.3, -0.25) is 24.0 Å². The van der Waals surface area contributed by atoms with E-state index in [0.29, 0.717) is 19.4 Å². The van der Waals surface area contributed by atoms with Crippen LogP contribution in [0.15, 0.2) is 0 Å². The van der Waals surface area contributed by atoms with Crippen molar-refractivity contribution in [2.45, 2.75) is 111 Å². The number of carbonyl (C=O) groups excluding carboxylic acids is 6. The van der Waals surface area contributed by atoms with Crippen molar-refractivity contribution in [2.24, 2.45) is 40.7 Å². The molecule has 41 heavy (non-hydrogen) atoms. The molecule has 11 nitrogen and oxygen atoms in total. The molecule has 230 valence electrons. The van der Waals surface area contributed by atoms with Crippen molar-refractivity contribution >= 4 is 35.3 Å². The smallest absolute Gasteiger partial charge is 0.316 e. The van der Waals surface area contributed by atoms with Gasteiger partial charge in [0.25, 0.3) is 5.91 Å². The second-order valence-corrected chi connectivity index (χ2v) is 14.0. The normalized spacial score (nSPS) is 23.1. The number of ketones is 2. The van der Waals surface area contributed by atoms with E-state index in [9.17, 15) is 28.8 Å². The molecule has 0 aromatic carbocycles. The van der Waals surface area contributed by atoms with E-state index in [1.807, 2.05) is 48.5 Å². The van der Waals surface area contributed by atoms with E-state index in [1.165, 1.54) is 4.90 Å². The molecule has 2 aliphatic carbocycles. The van der Waals surface area contributed by atoms with Gasteiger partial charge in [-0.15, -0.1) is 0 Å². The minimum absolute atomic E-state index is 0.0103. The number of nitrogens with one attached hydrogen (secondary N) is 3. The van der Waals surface area contributed by atoms with Gasteiger partial charge in [0, 0.05) is 12.5 Å². The van der Waals surface area contributed by atoms with E-state index in [1.54, 1.807) is 0 Å². The van der Waals surface area contributed by atoms with E-state index in [0.717, 1.165) is 25.7 Å². The number of rotatable bonds is 13. The van der Waals surface area contributed by atoms with Gasteiger partial charge in [0.15, 0.2) is 5.78 Å². The summed E-state index contributed by atoms with van der Waals surface area (Å²) < 4.78 is 0.